The Morgan fingerprint density at radius 3 is 2.88 bits per heavy atom. The Bertz CT molecular complexity index is 286. The largest absolute Gasteiger partial charge is 0.382 e. The number of hydrogen-bond donors (Lipinski definition) is 1. The zero-order valence-corrected chi connectivity index (χ0v) is 10.6. The fourth-order valence-electron chi connectivity index (χ4n) is 1.85. The molecule has 0 spiro atoms. The third-order valence-corrected chi connectivity index (χ3v) is 2.61. The predicted octanol–water partition coefficient (Wildman–Crippen LogP) is 1.98. The minimum Gasteiger partial charge on any atom is -0.382 e. The van der Waals surface area contributed by atoms with E-state index < -0.39 is 0 Å². The summed E-state index contributed by atoms with van der Waals surface area (Å²) in [4.78, 5) is 0. The van der Waals surface area contributed by atoms with Gasteiger partial charge in [0, 0.05) is 26.0 Å². The summed E-state index contributed by atoms with van der Waals surface area (Å²) in [6, 6.07) is 2.43. The summed E-state index contributed by atoms with van der Waals surface area (Å²) >= 11 is 0. The van der Waals surface area contributed by atoms with Crippen LogP contribution in [-0.4, -0.2) is 29.5 Å². The van der Waals surface area contributed by atoms with Crippen LogP contribution in [0.1, 0.15) is 38.9 Å². The zero-order chi connectivity index (χ0) is 11.8. The first-order valence-corrected chi connectivity index (χ1v) is 6.16. The number of nitrogens with zero attached hydrogens (tertiary/aromatic N) is 2. The van der Waals surface area contributed by atoms with Crippen LogP contribution in [0.25, 0.3) is 0 Å². The van der Waals surface area contributed by atoms with Crippen molar-refractivity contribution in [2.75, 3.05) is 19.8 Å². The lowest BCUT2D eigenvalue weighted by molar-refractivity contribution is 0.135. The molecule has 0 saturated heterocycles. The molecule has 1 rings (SSSR count). The van der Waals surface area contributed by atoms with Gasteiger partial charge >= 0.3 is 0 Å². The molecule has 0 aliphatic carbocycles. The minimum absolute atomic E-state index is 0.346. The minimum atomic E-state index is 0.346. The molecule has 1 atom stereocenters. The molecule has 0 aliphatic rings. The van der Waals surface area contributed by atoms with Crippen LogP contribution in [0.4, 0.5) is 0 Å². The highest BCUT2D eigenvalue weighted by molar-refractivity contribution is 5.06. The van der Waals surface area contributed by atoms with Crippen molar-refractivity contribution in [1.82, 2.24) is 15.1 Å². The van der Waals surface area contributed by atoms with Gasteiger partial charge in [0.15, 0.2) is 0 Å². The maximum absolute atomic E-state index is 5.41. The lowest BCUT2D eigenvalue weighted by Gasteiger charge is -2.18. The average molecular weight is 225 g/mol. The maximum atomic E-state index is 5.41. The normalized spacial score (nSPS) is 12.9. The SMILES string of the molecule is CCNC(CCOCC)c1ccnn1CC. The molecule has 1 unspecified atom stereocenters. The first kappa shape index (κ1) is 13.2. The number of aromatic nitrogens is 2. The average Bonchev–Trinajstić information content (AvgIpc) is 2.76. The summed E-state index contributed by atoms with van der Waals surface area (Å²) in [6.45, 7) is 9.72. The van der Waals surface area contributed by atoms with Gasteiger partial charge in [0.25, 0.3) is 0 Å². The number of nitrogens with one attached hydrogen (secondary N) is 1. The van der Waals surface area contributed by atoms with Crippen LogP contribution in [0.3, 0.4) is 0 Å². The lowest BCUT2D eigenvalue weighted by atomic mass is 10.1. The summed E-state index contributed by atoms with van der Waals surface area (Å²) in [5.74, 6) is 0. The highest BCUT2D eigenvalue weighted by atomic mass is 16.5. The number of aryl methyl sites for hydroxylation is 1. The van der Waals surface area contributed by atoms with Gasteiger partial charge in [-0.3, -0.25) is 4.68 Å². The maximum Gasteiger partial charge on any atom is 0.0554 e. The second-order valence-electron chi connectivity index (χ2n) is 3.67. The van der Waals surface area contributed by atoms with Crippen molar-refractivity contribution in [2.24, 2.45) is 0 Å². The van der Waals surface area contributed by atoms with Gasteiger partial charge in [0.05, 0.1) is 11.7 Å². The van der Waals surface area contributed by atoms with Crippen LogP contribution in [0.5, 0.6) is 0 Å². The van der Waals surface area contributed by atoms with E-state index in [4.69, 9.17) is 4.74 Å². The molecular weight excluding hydrogens is 202 g/mol. The Kier molecular flexibility index (Phi) is 6.11. The van der Waals surface area contributed by atoms with E-state index in [1.165, 1.54) is 5.69 Å². The summed E-state index contributed by atoms with van der Waals surface area (Å²) in [6.07, 6.45) is 2.86. The van der Waals surface area contributed by atoms with E-state index in [0.717, 1.165) is 32.7 Å². The molecule has 0 aliphatic heterocycles. The van der Waals surface area contributed by atoms with Gasteiger partial charge in [0.2, 0.25) is 0 Å². The van der Waals surface area contributed by atoms with Gasteiger partial charge in [0.1, 0.15) is 0 Å². The molecule has 0 amide bonds. The molecule has 0 saturated carbocycles. The predicted molar refractivity (Wildman–Crippen MR) is 65.4 cm³/mol. The van der Waals surface area contributed by atoms with Crippen LogP contribution in [-0.2, 0) is 11.3 Å². The van der Waals surface area contributed by atoms with Crippen molar-refractivity contribution in [2.45, 2.75) is 39.8 Å². The van der Waals surface area contributed by atoms with Gasteiger partial charge in [-0.25, -0.2) is 0 Å². The summed E-state index contributed by atoms with van der Waals surface area (Å²) in [5.41, 5.74) is 1.25. The van der Waals surface area contributed by atoms with E-state index in [1.807, 2.05) is 17.8 Å². The quantitative estimate of drug-likeness (QED) is 0.688. The fraction of sp³-hybridized carbons (Fsp3) is 0.750. The van der Waals surface area contributed by atoms with Crippen molar-refractivity contribution in [3.05, 3.63) is 18.0 Å². The molecule has 0 aromatic carbocycles. The Labute approximate surface area is 98.0 Å². The van der Waals surface area contributed by atoms with Crippen molar-refractivity contribution < 1.29 is 4.74 Å². The van der Waals surface area contributed by atoms with Crippen molar-refractivity contribution >= 4 is 0 Å². The Morgan fingerprint density at radius 1 is 1.44 bits per heavy atom. The molecule has 0 bridgehead atoms. The second-order valence-corrected chi connectivity index (χ2v) is 3.67. The molecule has 1 N–H and O–H groups in total. The smallest absolute Gasteiger partial charge is 0.0554 e. The summed E-state index contributed by atoms with van der Waals surface area (Å²) in [5, 5.41) is 7.78. The van der Waals surface area contributed by atoms with Crippen LogP contribution >= 0.6 is 0 Å². The first-order chi connectivity index (χ1) is 7.83. The molecule has 4 nitrogen and oxygen atoms in total. The molecule has 92 valence electrons. The standard InChI is InChI=1S/C12H23N3O/c1-4-13-11(8-10-16-6-3)12-7-9-14-15(12)5-2/h7,9,11,13H,4-6,8,10H2,1-3H3. The van der Waals surface area contributed by atoms with E-state index in [1.54, 1.807) is 0 Å². The van der Waals surface area contributed by atoms with E-state index in [-0.39, 0.29) is 0 Å². The molecule has 0 radical (unpaired) electrons. The van der Waals surface area contributed by atoms with Crippen molar-refractivity contribution in [3.8, 4) is 0 Å². The van der Waals surface area contributed by atoms with Crippen LogP contribution < -0.4 is 5.32 Å². The fourth-order valence-corrected chi connectivity index (χ4v) is 1.85. The Balaban J connectivity index is 2.61. The van der Waals surface area contributed by atoms with E-state index in [0.29, 0.717) is 6.04 Å². The molecule has 16 heavy (non-hydrogen) atoms. The monoisotopic (exact) mass is 225 g/mol. The van der Waals surface area contributed by atoms with Gasteiger partial charge in [-0.2, -0.15) is 5.10 Å². The first-order valence-electron chi connectivity index (χ1n) is 6.16. The molecule has 0 fully saturated rings. The van der Waals surface area contributed by atoms with Crippen LogP contribution in [0, 0.1) is 0 Å². The number of ether oxygens (including phenoxy) is 1. The van der Waals surface area contributed by atoms with Gasteiger partial charge in [-0.15, -0.1) is 0 Å². The third kappa shape index (κ3) is 3.61. The number of hydrogen-bond acceptors (Lipinski definition) is 3. The second kappa shape index (κ2) is 7.41. The van der Waals surface area contributed by atoms with Crippen LogP contribution in [0.2, 0.25) is 0 Å². The van der Waals surface area contributed by atoms with E-state index in [9.17, 15) is 0 Å². The zero-order valence-electron chi connectivity index (χ0n) is 10.6. The Morgan fingerprint density at radius 2 is 2.25 bits per heavy atom. The molecule has 1 heterocycles. The van der Waals surface area contributed by atoms with E-state index in [2.05, 4.69) is 30.3 Å². The number of rotatable bonds is 8. The van der Waals surface area contributed by atoms with E-state index >= 15 is 0 Å². The molecule has 4 heteroatoms. The van der Waals surface area contributed by atoms with Crippen molar-refractivity contribution in [1.29, 1.82) is 0 Å². The van der Waals surface area contributed by atoms with Gasteiger partial charge in [-0.05, 0) is 32.9 Å². The summed E-state index contributed by atoms with van der Waals surface area (Å²) in [7, 11) is 0. The van der Waals surface area contributed by atoms with Gasteiger partial charge in [-0.1, -0.05) is 6.92 Å². The third-order valence-electron chi connectivity index (χ3n) is 2.61. The molecule has 1 aromatic heterocycles. The van der Waals surface area contributed by atoms with Crippen LogP contribution in [0.15, 0.2) is 12.3 Å². The van der Waals surface area contributed by atoms with Gasteiger partial charge < -0.3 is 10.1 Å². The molecule has 1 aromatic rings. The molecular formula is C12H23N3O. The topological polar surface area (TPSA) is 39.1 Å². The highest BCUT2D eigenvalue weighted by Gasteiger charge is 2.14. The van der Waals surface area contributed by atoms with Crippen molar-refractivity contribution in [3.63, 3.8) is 0 Å². The Hall–Kier alpha value is -0.870. The lowest BCUT2D eigenvalue weighted by Crippen LogP contribution is -2.25. The highest BCUT2D eigenvalue weighted by Crippen LogP contribution is 2.16. The summed E-state index contributed by atoms with van der Waals surface area (Å²) < 4.78 is 7.45.